The number of hydrogen-bond donors (Lipinski definition) is 1. The third-order valence-electron chi connectivity index (χ3n) is 11.5. The van der Waals surface area contributed by atoms with Gasteiger partial charge in [0.25, 0.3) is 0 Å². The van der Waals surface area contributed by atoms with Crippen molar-refractivity contribution in [2.45, 2.75) is 19.0 Å². The summed E-state index contributed by atoms with van der Waals surface area (Å²) in [6, 6.07) is 53.2. The number of amidine groups is 2. The number of nitrogens with zero attached hydrogens (tertiary/aromatic N) is 3. The Morgan fingerprint density at radius 1 is 0.596 bits per heavy atom. The van der Waals surface area contributed by atoms with Crippen molar-refractivity contribution in [3.05, 3.63) is 187 Å². The van der Waals surface area contributed by atoms with Crippen molar-refractivity contribution >= 4 is 77.4 Å². The Hall–Kier alpha value is -7.44. The first-order chi connectivity index (χ1) is 28.2. The molecule has 0 spiro atoms. The Kier molecular flexibility index (Phi) is 7.01. The second kappa shape index (κ2) is 12.5. The molecule has 2 aliphatic rings. The van der Waals surface area contributed by atoms with Crippen LogP contribution in [-0.2, 0) is 0 Å². The third kappa shape index (κ3) is 5.04. The lowest BCUT2D eigenvalue weighted by atomic mass is 9.97. The predicted molar refractivity (Wildman–Crippen MR) is 234 cm³/mol. The summed E-state index contributed by atoms with van der Waals surface area (Å²) in [7, 11) is 0. The number of furan rings is 2. The first-order valence-electron chi connectivity index (χ1n) is 19.5. The molecule has 6 heteroatoms. The Morgan fingerprint density at radius 3 is 2.21 bits per heavy atom. The third-order valence-corrected chi connectivity index (χ3v) is 11.5. The molecule has 3 aromatic heterocycles. The molecule has 1 atom stereocenters. The van der Waals surface area contributed by atoms with Gasteiger partial charge in [0.1, 0.15) is 28.8 Å². The topological polar surface area (TPSA) is 68.0 Å². The van der Waals surface area contributed by atoms with E-state index >= 15 is 0 Å². The van der Waals surface area contributed by atoms with Gasteiger partial charge in [0.2, 0.25) is 0 Å². The molecular formula is C51H34N4O2. The highest BCUT2D eigenvalue weighted by molar-refractivity contribution is 6.16. The van der Waals surface area contributed by atoms with Gasteiger partial charge in [-0.05, 0) is 72.0 Å². The van der Waals surface area contributed by atoms with E-state index in [2.05, 4.69) is 162 Å². The molecule has 57 heavy (non-hydrogen) atoms. The SMILES string of the molecule is C1=CCCC(C2=NC(c3ccccc3)=NC(c3ccc4c(c3)oc3cccc(-c5ccc6oc7c(-n8c9ccccc9c9ccccc98)cccc7c6c5)c34)N2)=C1. The maximum atomic E-state index is 6.72. The van der Waals surface area contributed by atoms with E-state index in [1.165, 1.54) is 16.3 Å². The number of aliphatic imine (C=N–C) groups is 2. The van der Waals surface area contributed by atoms with E-state index in [0.717, 1.165) is 107 Å². The van der Waals surface area contributed by atoms with Gasteiger partial charge in [0.15, 0.2) is 11.4 Å². The first kappa shape index (κ1) is 31.9. The van der Waals surface area contributed by atoms with Gasteiger partial charge in [-0.15, -0.1) is 0 Å². The molecule has 0 fully saturated rings. The Labute approximate surface area is 327 Å². The zero-order valence-corrected chi connectivity index (χ0v) is 30.8. The molecule has 0 bridgehead atoms. The van der Waals surface area contributed by atoms with Gasteiger partial charge < -0.3 is 18.7 Å². The lowest BCUT2D eigenvalue weighted by Crippen LogP contribution is -2.34. The van der Waals surface area contributed by atoms with Crippen LogP contribution in [0.5, 0.6) is 0 Å². The van der Waals surface area contributed by atoms with Gasteiger partial charge in [-0.1, -0.05) is 127 Å². The van der Waals surface area contributed by atoms with Gasteiger partial charge in [0, 0.05) is 43.4 Å². The van der Waals surface area contributed by atoms with E-state index in [-0.39, 0.29) is 6.17 Å². The quantitative estimate of drug-likeness (QED) is 0.191. The van der Waals surface area contributed by atoms with Crippen LogP contribution in [0.4, 0.5) is 0 Å². The van der Waals surface area contributed by atoms with Gasteiger partial charge in [-0.3, -0.25) is 0 Å². The number of hydrogen-bond acceptors (Lipinski definition) is 5. The second-order valence-electron chi connectivity index (χ2n) is 14.9. The lowest BCUT2D eigenvalue weighted by Gasteiger charge is -2.25. The van der Waals surface area contributed by atoms with Crippen molar-refractivity contribution in [2.75, 3.05) is 0 Å². The molecule has 1 aliphatic carbocycles. The fourth-order valence-electron chi connectivity index (χ4n) is 8.86. The van der Waals surface area contributed by atoms with E-state index in [9.17, 15) is 0 Å². The molecule has 1 N–H and O–H groups in total. The normalized spacial score (nSPS) is 15.8. The molecular weight excluding hydrogens is 701 g/mol. The minimum absolute atomic E-state index is 0.319. The largest absolute Gasteiger partial charge is 0.456 e. The van der Waals surface area contributed by atoms with Crippen LogP contribution >= 0.6 is 0 Å². The minimum Gasteiger partial charge on any atom is -0.456 e. The Morgan fingerprint density at radius 2 is 1.39 bits per heavy atom. The molecule has 7 aromatic carbocycles. The van der Waals surface area contributed by atoms with Gasteiger partial charge in [-0.25, -0.2) is 9.98 Å². The van der Waals surface area contributed by atoms with Crippen LogP contribution in [0.15, 0.2) is 194 Å². The van der Waals surface area contributed by atoms with Crippen molar-refractivity contribution in [3.8, 4) is 16.8 Å². The summed E-state index contributed by atoms with van der Waals surface area (Å²) in [5, 5.41) is 10.4. The van der Waals surface area contributed by atoms with E-state index in [0.29, 0.717) is 0 Å². The summed E-state index contributed by atoms with van der Waals surface area (Å²) in [6.07, 6.45) is 8.07. The second-order valence-corrected chi connectivity index (χ2v) is 14.9. The van der Waals surface area contributed by atoms with Crippen molar-refractivity contribution < 1.29 is 8.83 Å². The highest BCUT2D eigenvalue weighted by atomic mass is 16.3. The summed E-state index contributed by atoms with van der Waals surface area (Å²) in [5.41, 5.74) is 12.1. The Bertz CT molecular complexity index is 3340. The molecule has 1 unspecified atom stereocenters. The molecule has 12 rings (SSSR count). The van der Waals surface area contributed by atoms with Gasteiger partial charge >= 0.3 is 0 Å². The van der Waals surface area contributed by atoms with Crippen LogP contribution in [0.2, 0.25) is 0 Å². The molecule has 0 saturated carbocycles. The number of nitrogens with one attached hydrogen (secondary N) is 1. The van der Waals surface area contributed by atoms with Crippen molar-refractivity contribution in [3.63, 3.8) is 0 Å². The number of para-hydroxylation sites is 3. The molecule has 1 aliphatic heterocycles. The highest BCUT2D eigenvalue weighted by Gasteiger charge is 2.24. The highest BCUT2D eigenvalue weighted by Crippen LogP contribution is 2.42. The minimum atomic E-state index is -0.319. The fraction of sp³-hybridized carbons (Fsp3) is 0.0588. The fourth-order valence-corrected chi connectivity index (χ4v) is 8.86. The van der Waals surface area contributed by atoms with E-state index in [1.807, 2.05) is 18.2 Å². The van der Waals surface area contributed by atoms with Crippen molar-refractivity contribution in [1.82, 2.24) is 9.88 Å². The van der Waals surface area contributed by atoms with Crippen molar-refractivity contribution in [2.24, 2.45) is 9.98 Å². The smallest absolute Gasteiger partial charge is 0.159 e. The summed E-state index contributed by atoms with van der Waals surface area (Å²) >= 11 is 0. The summed E-state index contributed by atoms with van der Waals surface area (Å²) < 4.78 is 15.7. The van der Waals surface area contributed by atoms with E-state index < -0.39 is 0 Å². The van der Waals surface area contributed by atoms with E-state index in [4.69, 9.17) is 18.8 Å². The number of benzene rings is 7. The maximum Gasteiger partial charge on any atom is 0.159 e. The standard InChI is InChI=1S/C51H34N4O2/c1-3-13-31(14-4-1)49-52-50(32-15-5-2-6-16-32)54-51(53-49)34-25-27-39-46(30-34)56-45-24-12-19-35(47(39)45)33-26-28-44-40(29-33)38-20-11-23-43(48(38)57-44)55-41-21-9-7-17-36(41)37-18-8-10-22-42(37)55/h1-5,7-15,17-30,51H,6,16H2,(H,52,53,54). The zero-order valence-electron chi connectivity index (χ0n) is 30.8. The van der Waals surface area contributed by atoms with Crippen LogP contribution in [0.3, 0.4) is 0 Å². The number of fused-ring (bicyclic) bond motifs is 9. The van der Waals surface area contributed by atoms with Crippen LogP contribution in [0.1, 0.15) is 30.1 Å². The van der Waals surface area contributed by atoms with Crippen LogP contribution < -0.4 is 5.32 Å². The molecule has 0 saturated heterocycles. The van der Waals surface area contributed by atoms with Gasteiger partial charge in [0.05, 0.1) is 16.7 Å². The zero-order chi connectivity index (χ0) is 37.5. The van der Waals surface area contributed by atoms with E-state index in [1.54, 1.807) is 0 Å². The summed E-state index contributed by atoms with van der Waals surface area (Å²) in [4.78, 5) is 10.1. The molecule has 10 aromatic rings. The van der Waals surface area contributed by atoms with Crippen molar-refractivity contribution in [1.29, 1.82) is 0 Å². The monoisotopic (exact) mass is 734 g/mol. The average Bonchev–Trinajstić information content (AvgIpc) is 3.96. The van der Waals surface area contributed by atoms with Crippen LogP contribution in [-0.4, -0.2) is 16.2 Å². The van der Waals surface area contributed by atoms with Crippen LogP contribution in [0, 0.1) is 0 Å². The maximum absolute atomic E-state index is 6.72. The molecule has 270 valence electrons. The predicted octanol–water partition coefficient (Wildman–Crippen LogP) is 13.0. The number of aromatic nitrogens is 1. The average molecular weight is 735 g/mol. The molecule has 0 radical (unpaired) electrons. The molecule has 0 amide bonds. The first-order valence-corrected chi connectivity index (χ1v) is 19.5. The van der Waals surface area contributed by atoms with Gasteiger partial charge in [-0.2, -0.15) is 0 Å². The lowest BCUT2D eigenvalue weighted by molar-refractivity contribution is 0.653. The molecule has 4 heterocycles. The summed E-state index contributed by atoms with van der Waals surface area (Å²) in [5.74, 6) is 1.59. The van der Waals surface area contributed by atoms with Crippen LogP contribution in [0.25, 0.3) is 82.5 Å². The Balaban J connectivity index is 0.964. The summed E-state index contributed by atoms with van der Waals surface area (Å²) in [6.45, 7) is 0. The number of rotatable bonds is 5. The molecule has 6 nitrogen and oxygen atoms in total. The number of allylic oxidation sites excluding steroid dienone is 3.